The zero-order valence-electron chi connectivity index (χ0n) is 15.1. The Labute approximate surface area is 155 Å². The van der Waals surface area contributed by atoms with Crippen LogP contribution in [0.1, 0.15) is 44.6 Å². The maximum atomic E-state index is 12.0. The lowest BCUT2D eigenvalue weighted by Crippen LogP contribution is -2.40. The minimum Gasteiger partial charge on any atom is -0.356 e. The number of hydrogen-bond acceptors (Lipinski definition) is 4. The summed E-state index contributed by atoms with van der Waals surface area (Å²) < 4.78 is 22.4. The van der Waals surface area contributed by atoms with Crippen LogP contribution < -0.4 is 10.5 Å². The maximum Gasteiger partial charge on any atom is 0.238 e. The SMILES string of the molecule is CC(=O)N(CCC(=O)NCCc1ccc(S(N)(=O)=O)cc1)C1CCCC1. The number of carbonyl (C=O) groups excluding carboxylic acids is 2. The van der Waals surface area contributed by atoms with Gasteiger partial charge in [0, 0.05) is 32.5 Å². The van der Waals surface area contributed by atoms with Crippen LogP contribution in [0, 0.1) is 0 Å². The number of nitrogens with zero attached hydrogens (tertiary/aromatic N) is 1. The van der Waals surface area contributed by atoms with Gasteiger partial charge in [-0.05, 0) is 37.0 Å². The molecule has 144 valence electrons. The summed E-state index contributed by atoms with van der Waals surface area (Å²) in [7, 11) is -3.69. The Morgan fingerprint density at radius 2 is 1.81 bits per heavy atom. The number of amides is 2. The van der Waals surface area contributed by atoms with Crippen LogP contribution in [0.2, 0.25) is 0 Å². The molecular formula is C18H27N3O4S. The Bertz CT molecular complexity index is 725. The van der Waals surface area contributed by atoms with Gasteiger partial charge in [-0.25, -0.2) is 13.6 Å². The summed E-state index contributed by atoms with van der Waals surface area (Å²) in [6, 6.07) is 6.56. The van der Waals surface area contributed by atoms with E-state index in [0.29, 0.717) is 25.9 Å². The van der Waals surface area contributed by atoms with E-state index >= 15 is 0 Å². The van der Waals surface area contributed by atoms with Gasteiger partial charge in [0.1, 0.15) is 0 Å². The van der Waals surface area contributed by atoms with Crippen LogP contribution >= 0.6 is 0 Å². The second-order valence-corrected chi connectivity index (χ2v) is 8.25. The van der Waals surface area contributed by atoms with Gasteiger partial charge < -0.3 is 10.2 Å². The lowest BCUT2D eigenvalue weighted by molar-refractivity contribution is -0.131. The molecule has 0 radical (unpaired) electrons. The van der Waals surface area contributed by atoms with Gasteiger partial charge in [-0.1, -0.05) is 25.0 Å². The van der Waals surface area contributed by atoms with E-state index in [0.717, 1.165) is 31.2 Å². The largest absolute Gasteiger partial charge is 0.356 e. The number of primary sulfonamides is 1. The Hall–Kier alpha value is -1.93. The minimum atomic E-state index is -3.69. The zero-order chi connectivity index (χ0) is 19.2. The first-order valence-corrected chi connectivity index (χ1v) is 10.5. The predicted octanol–water partition coefficient (Wildman–Crippen LogP) is 1.17. The van der Waals surface area contributed by atoms with Crippen LogP contribution in [0.15, 0.2) is 29.2 Å². The summed E-state index contributed by atoms with van der Waals surface area (Å²) in [5.74, 6) is -0.0601. The standard InChI is InChI=1S/C18H27N3O4S/c1-14(22)21(16-4-2-3-5-16)13-11-18(23)20-12-10-15-6-8-17(9-7-15)26(19,24)25/h6-9,16H,2-5,10-13H2,1H3,(H,20,23)(H2,19,24,25). The Kier molecular flexibility index (Phi) is 7.16. The number of rotatable bonds is 8. The molecule has 1 aliphatic carbocycles. The van der Waals surface area contributed by atoms with Crippen molar-refractivity contribution in [2.75, 3.05) is 13.1 Å². The van der Waals surface area contributed by atoms with E-state index < -0.39 is 10.0 Å². The van der Waals surface area contributed by atoms with Crippen LogP contribution in [-0.2, 0) is 26.0 Å². The number of nitrogens with two attached hydrogens (primary N) is 1. The highest BCUT2D eigenvalue weighted by Crippen LogP contribution is 2.23. The third-order valence-electron chi connectivity index (χ3n) is 4.74. The molecular weight excluding hydrogens is 354 g/mol. The van der Waals surface area contributed by atoms with Crippen LogP contribution in [-0.4, -0.2) is 44.3 Å². The molecule has 1 aromatic rings. The van der Waals surface area contributed by atoms with E-state index in [1.165, 1.54) is 12.1 Å². The Balaban J connectivity index is 1.73. The highest BCUT2D eigenvalue weighted by atomic mass is 32.2. The quantitative estimate of drug-likeness (QED) is 0.704. The number of benzene rings is 1. The predicted molar refractivity (Wildman–Crippen MR) is 98.8 cm³/mol. The molecule has 7 nitrogen and oxygen atoms in total. The monoisotopic (exact) mass is 381 g/mol. The van der Waals surface area contributed by atoms with Crippen molar-refractivity contribution in [2.45, 2.75) is 56.4 Å². The fourth-order valence-electron chi connectivity index (χ4n) is 3.32. The van der Waals surface area contributed by atoms with Crippen LogP contribution in [0.4, 0.5) is 0 Å². The zero-order valence-corrected chi connectivity index (χ0v) is 15.9. The molecule has 2 rings (SSSR count). The molecule has 1 aromatic carbocycles. The second kappa shape index (κ2) is 9.14. The molecule has 2 amide bonds. The van der Waals surface area contributed by atoms with E-state index in [9.17, 15) is 18.0 Å². The van der Waals surface area contributed by atoms with Gasteiger partial charge in [-0.2, -0.15) is 0 Å². The molecule has 1 fully saturated rings. The molecule has 0 bridgehead atoms. The molecule has 0 unspecified atom stereocenters. The molecule has 0 aliphatic heterocycles. The fraction of sp³-hybridized carbons (Fsp3) is 0.556. The van der Waals surface area contributed by atoms with E-state index in [-0.39, 0.29) is 22.8 Å². The number of nitrogens with one attached hydrogen (secondary N) is 1. The van der Waals surface area contributed by atoms with Gasteiger partial charge in [0.15, 0.2) is 0 Å². The van der Waals surface area contributed by atoms with Crippen molar-refractivity contribution >= 4 is 21.8 Å². The van der Waals surface area contributed by atoms with Gasteiger partial charge in [0.2, 0.25) is 21.8 Å². The third-order valence-corrected chi connectivity index (χ3v) is 5.67. The Morgan fingerprint density at radius 1 is 1.19 bits per heavy atom. The molecule has 0 spiro atoms. The maximum absolute atomic E-state index is 12.0. The van der Waals surface area contributed by atoms with Crippen molar-refractivity contribution in [3.8, 4) is 0 Å². The van der Waals surface area contributed by atoms with E-state index in [1.807, 2.05) is 4.90 Å². The molecule has 1 saturated carbocycles. The van der Waals surface area contributed by atoms with Gasteiger partial charge in [-0.15, -0.1) is 0 Å². The molecule has 3 N–H and O–H groups in total. The lowest BCUT2D eigenvalue weighted by Gasteiger charge is -2.27. The van der Waals surface area contributed by atoms with Crippen molar-refractivity contribution in [3.63, 3.8) is 0 Å². The molecule has 1 aliphatic rings. The summed E-state index contributed by atoms with van der Waals surface area (Å²) in [4.78, 5) is 25.7. The van der Waals surface area contributed by atoms with Crippen molar-refractivity contribution in [2.24, 2.45) is 5.14 Å². The van der Waals surface area contributed by atoms with Crippen LogP contribution in [0.25, 0.3) is 0 Å². The van der Waals surface area contributed by atoms with E-state index in [4.69, 9.17) is 5.14 Å². The molecule has 8 heteroatoms. The lowest BCUT2D eigenvalue weighted by atomic mass is 10.1. The highest BCUT2D eigenvalue weighted by Gasteiger charge is 2.24. The summed E-state index contributed by atoms with van der Waals surface area (Å²) in [5, 5.41) is 7.90. The van der Waals surface area contributed by atoms with Crippen molar-refractivity contribution < 1.29 is 18.0 Å². The van der Waals surface area contributed by atoms with Crippen molar-refractivity contribution in [1.29, 1.82) is 0 Å². The summed E-state index contributed by atoms with van der Waals surface area (Å²) in [5.41, 5.74) is 0.911. The van der Waals surface area contributed by atoms with Crippen LogP contribution in [0.3, 0.4) is 0 Å². The smallest absolute Gasteiger partial charge is 0.238 e. The van der Waals surface area contributed by atoms with E-state index in [2.05, 4.69) is 5.32 Å². The first-order valence-electron chi connectivity index (χ1n) is 8.93. The van der Waals surface area contributed by atoms with Gasteiger partial charge in [-0.3, -0.25) is 9.59 Å². The van der Waals surface area contributed by atoms with Gasteiger partial charge >= 0.3 is 0 Å². The van der Waals surface area contributed by atoms with Crippen LogP contribution in [0.5, 0.6) is 0 Å². The average molecular weight is 381 g/mol. The number of hydrogen-bond donors (Lipinski definition) is 2. The summed E-state index contributed by atoms with van der Waals surface area (Å²) >= 11 is 0. The first kappa shape index (κ1) is 20.4. The average Bonchev–Trinajstić information content (AvgIpc) is 3.08. The molecule has 0 heterocycles. The summed E-state index contributed by atoms with van der Waals surface area (Å²) in [6.07, 6.45) is 5.22. The minimum absolute atomic E-state index is 0.0274. The van der Waals surface area contributed by atoms with Crippen molar-refractivity contribution in [1.82, 2.24) is 10.2 Å². The topological polar surface area (TPSA) is 110 Å². The van der Waals surface area contributed by atoms with Gasteiger partial charge in [0.25, 0.3) is 0 Å². The summed E-state index contributed by atoms with van der Waals surface area (Å²) in [6.45, 7) is 2.47. The Morgan fingerprint density at radius 3 is 2.35 bits per heavy atom. The highest BCUT2D eigenvalue weighted by molar-refractivity contribution is 7.89. The fourth-order valence-corrected chi connectivity index (χ4v) is 3.83. The third kappa shape index (κ3) is 6.10. The number of carbonyl (C=O) groups is 2. The van der Waals surface area contributed by atoms with Gasteiger partial charge in [0.05, 0.1) is 4.90 Å². The normalized spacial score (nSPS) is 15.0. The molecule has 0 aromatic heterocycles. The number of sulfonamides is 1. The molecule has 0 saturated heterocycles. The van der Waals surface area contributed by atoms with Crippen molar-refractivity contribution in [3.05, 3.63) is 29.8 Å². The first-order chi connectivity index (χ1) is 12.3. The second-order valence-electron chi connectivity index (χ2n) is 6.69. The van der Waals surface area contributed by atoms with E-state index in [1.54, 1.807) is 19.1 Å². The molecule has 26 heavy (non-hydrogen) atoms. The molecule has 0 atom stereocenters.